The average Bonchev–Trinajstić information content (AvgIpc) is 2.13. The fourth-order valence-electron chi connectivity index (χ4n) is 0.809. The van der Waals surface area contributed by atoms with Crippen LogP contribution in [0.5, 0.6) is 0 Å². The van der Waals surface area contributed by atoms with Crippen LogP contribution in [-0.2, 0) is 14.3 Å². The minimum Gasteiger partial charge on any atom is -0.478 e. The van der Waals surface area contributed by atoms with Crippen molar-refractivity contribution >= 4 is 11.9 Å². The molecule has 0 aromatic rings. The molecule has 0 aromatic carbocycles. The van der Waals surface area contributed by atoms with Gasteiger partial charge in [0.25, 0.3) is 0 Å². The number of carbonyl (C=O) groups is 2. The Labute approximate surface area is 89.1 Å². The zero-order valence-electron chi connectivity index (χ0n) is 9.03. The fourth-order valence-corrected chi connectivity index (χ4v) is 0.809. The van der Waals surface area contributed by atoms with Crippen molar-refractivity contribution in [3.05, 3.63) is 12.2 Å². The molecule has 1 amide bonds. The van der Waals surface area contributed by atoms with E-state index in [4.69, 9.17) is 9.84 Å². The summed E-state index contributed by atoms with van der Waals surface area (Å²) in [7, 11) is 0. The molecule has 0 saturated carbocycles. The summed E-state index contributed by atoms with van der Waals surface area (Å²) >= 11 is 0. The van der Waals surface area contributed by atoms with Gasteiger partial charge in [-0.25, -0.2) is 4.79 Å². The monoisotopic (exact) mass is 215 g/mol. The largest absolute Gasteiger partial charge is 0.478 e. The molecule has 0 aliphatic rings. The van der Waals surface area contributed by atoms with Crippen LogP contribution in [0.1, 0.15) is 20.3 Å². The van der Waals surface area contributed by atoms with Crippen molar-refractivity contribution < 1.29 is 19.4 Å². The van der Waals surface area contributed by atoms with Crippen LogP contribution in [0.2, 0.25) is 0 Å². The highest BCUT2D eigenvalue weighted by Crippen LogP contribution is 1.89. The summed E-state index contributed by atoms with van der Waals surface area (Å²) in [4.78, 5) is 21.0. The maximum Gasteiger partial charge on any atom is 0.328 e. The van der Waals surface area contributed by atoms with Gasteiger partial charge in [0.2, 0.25) is 5.91 Å². The van der Waals surface area contributed by atoms with Gasteiger partial charge in [0.1, 0.15) is 0 Å². The first-order valence-electron chi connectivity index (χ1n) is 4.83. The van der Waals surface area contributed by atoms with Crippen molar-refractivity contribution in [1.29, 1.82) is 0 Å². The first-order chi connectivity index (χ1) is 7.02. The number of ether oxygens (including phenoxy) is 1. The number of carboxylic acid groups (broad SMARTS) is 1. The topological polar surface area (TPSA) is 75.6 Å². The van der Waals surface area contributed by atoms with Crippen LogP contribution >= 0.6 is 0 Å². The highest BCUT2D eigenvalue weighted by Gasteiger charge is 1.97. The Morgan fingerprint density at radius 2 is 2.07 bits per heavy atom. The van der Waals surface area contributed by atoms with Gasteiger partial charge in [-0.15, -0.1) is 0 Å². The van der Waals surface area contributed by atoms with E-state index in [-0.39, 0.29) is 6.10 Å². The van der Waals surface area contributed by atoms with Crippen LogP contribution < -0.4 is 5.32 Å². The normalized spacial score (nSPS) is 10.9. The Kier molecular flexibility index (Phi) is 7.27. The molecule has 0 rings (SSSR count). The van der Waals surface area contributed by atoms with Crippen LogP contribution in [0, 0.1) is 0 Å². The number of rotatable bonds is 7. The smallest absolute Gasteiger partial charge is 0.328 e. The third-order valence-corrected chi connectivity index (χ3v) is 1.45. The molecule has 0 saturated heterocycles. The molecular formula is C10H17NO4. The summed E-state index contributed by atoms with van der Waals surface area (Å²) in [5, 5.41) is 10.8. The van der Waals surface area contributed by atoms with Crippen molar-refractivity contribution in [2.45, 2.75) is 26.4 Å². The molecule has 86 valence electrons. The molecule has 0 fully saturated rings. The molecule has 0 aliphatic heterocycles. The van der Waals surface area contributed by atoms with Crippen molar-refractivity contribution in [1.82, 2.24) is 5.32 Å². The lowest BCUT2D eigenvalue weighted by Gasteiger charge is -2.06. The van der Waals surface area contributed by atoms with Crippen molar-refractivity contribution in [2.75, 3.05) is 13.2 Å². The van der Waals surface area contributed by atoms with Gasteiger partial charge in [0.05, 0.1) is 6.10 Å². The standard InChI is InChI=1S/C10H17NO4/c1-8(2)15-7-3-6-11-9(12)4-5-10(13)14/h4-5,8H,3,6-7H2,1-2H3,(H,11,12)(H,13,14)/b5-4-. The Bertz CT molecular complexity index is 236. The van der Waals surface area contributed by atoms with Gasteiger partial charge >= 0.3 is 5.97 Å². The highest BCUT2D eigenvalue weighted by atomic mass is 16.5. The number of hydrogen-bond acceptors (Lipinski definition) is 3. The summed E-state index contributed by atoms with van der Waals surface area (Å²) in [6.07, 6.45) is 2.70. The van der Waals surface area contributed by atoms with Gasteiger partial charge < -0.3 is 15.2 Å². The lowest BCUT2D eigenvalue weighted by molar-refractivity contribution is -0.131. The van der Waals surface area contributed by atoms with Crippen LogP contribution in [0.3, 0.4) is 0 Å². The van der Waals surface area contributed by atoms with Crippen molar-refractivity contribution in [2.24, 2.45) is 0 Å². The number of carboxylic acids is 1. The third-order valence-electron chi connectivity index (χ3n) is 1.45. The zero-order valence-corrected chi connectivity index (χ0v) is 9.03. The molecule has 5 nitrogen and oxygen atoms in total. The summed E-state index contributed by atoms with van der Waals surface area (Å²) in [6.45, 7) is 4.94. The summed E-state index contributed by atoms with van der Waals surface area (Å²) in [5.74, 6) is -1.53. The van der Waals surface area contributed by atoms with E-state index in [2.05, 4.69) is 5.32 Å². The molecule has 0 aliphatic carbocycles. The summed E-state index contributed by atoms with van der Waals surface area (Å²) in [6, 6.07) is 0. The molecule has 0 radical (unpaired) electrons. The van der Waals surface area contributed by atoms with E-state index < -0.39 is 11.9 Å². The molecule has 0 heterocycles. The van der Waals surface area contributed by atoms with Crippen LogP contribution in [0.15, 0.2) is 12.2 Å². The van der Waals surface area contributed by atoms with E-state index in [0.717, 1.165) is 12.2 Å². The molecule has 0 atom stereocenters. The van der Waals surface area contributed by atoms with Gasteiger partial charge in [-0.2, -0.15) is 0 Å². The van der Waals surface area contributed by atoms with Gasteiger partial charge in [-0.1, -0.05) is 0 Å². The van der Waals surface area contributed by atoms with E-state index >= 15 is 0 Å². The Morgan fingerprint density at radius 3 is 2.60 bits per heavy atom. The van der Waals surface area contributed by atoms with E-state index in [1.54, 1.807) is 0 Å². The number of carbonyl (C=O) groups excluding carboxylic acids is 1. The molecule has 15 heavy (non-hydrogen) atoms. The van der Waals surface area contributed by atoms with Gasteiger partial charge in [-0.05, 0) is 20.3 Å². The predicted octanol–water partition coefficient (Wildman–Crippen LogP) is 0.558. The second-order valence-electron chi connectivity index (χ2n) is 3.24. The van der Waals surface area contributed by atoms with Gasteiger partial charge in [-0.3, -0.25) is 4.79 Å². The minimum atomic E-state index is -1.13. The maximum atomic E-state index is 10.9. The molecule has 5 heteroatoms. The lowest BCUT2D eigenvalue weighted by Crippen LogP contribution is -2.23. The number of amides is 1. The Morgan fingerprint density at radius 1 is 1.40 bits per heavy atom. The molecule has 0 bridgehead atoms. The lowest BCUT2D eigenvalue weighted by atomic mass is 10.4. The highest BCUT2D eigenvalue weighted by molar-refractivity contribution is 5.93. The summed E-state index contributed by atoms with van der Waals surface area (Å²) in [5.41, 5.74) is 0. The Hall–Kier alpha value is -1.36. The van der Waals surface area contributed by atoms with Crippen LogP contribution in [0.25, 0.3) is 0 Å². The molecule has 0 spiro atoms. The second-order valence-corrected chi connectivity index (χ2v) is 3.24. The average molecular weight is 215 g/mol. The first kappa shape index (κ1) is 13.6. The zero-order chi connectivity index (χ0) is 11.7. The molecule has 0 aromatic heterocycles. The Balaban J connectivity index is 3.43. The molecule has 0 unspecified atom stereocenters. The maximum absolute atomic E-state index is 10.9. The van der Waals surface area contributed by atoms with Crippen molar-refractivity contribution in [3.8, 4) is 0 Å². The van der Waals surface area contributed by atoms with Gasteiger partial charge in [0, 0.05) is 25.3 Å². The molecule has 2 N–H and O–H groups in total. The van der Waals surface area contributed by atoms with Crippen molar-refractivity contribution in [3.63, 3.8) is 0 Å². The number of aliphatic carboxylic acids is 1. The first-order valence-corrected chi connectivity index (χ1v) is 4.83. The second kappa shape index (κ2) is 7.99. The minimum absolute atomic E-state index is 0.188. The SMILES string of the molecule is CC(C)OCCCNC(=O)/C=C\C(=O)O. The quantitative estimate of drug-likeness (QED) is 0.480. The number of nitrogens with one attached hydrogen (secondary N) is 1. The summed E-state index contributed by atoms with van der Waals surface area (Å²) < 4.78 is 5.26. The van der Waals surface area contributed by atoms with E-state index in [0.29, 0.717) is 19.6 Å². The predicted molar refractivity (Wildman–Crippen MR) is 55.5 cm³/mol. The molecular weight excluding hydrogens is 198 g/mol. The van der Waals surface area contributed by atoms with E-state index in [1.165, 1.54) is 0 Å². The van der Waals surface area contributed by atoms with Crippen LogP contribution in [0.4, 0.5) is 0 Å². The number of hydrogen-bond donors (Lipinski definition) is 2. The fraction of sp³-hybridized carbons (Fsp3) is 0.600. The van der Waals surface area contributed by atoms with E-state index in [1.807, 2.05) is 13.8 Å². The van der Waals surface area contributed by atoms with Crippen LogP contribution in [-0.4, -0.2) is 36.2 Å². The van der Waals surface area contributed by atoms with E-state index in [9.17, 15) is 9.59 Å². The van der Waals surface area contributed by atoms with Gasteiger partial charge in [0.15, 0.2) is 0 Å². The third kappa shape index (κ3) is 10.6.